The van der Waals surface area contributed by atoms with Crippen LogP contribution >= 0.6 is 15.9 Å². The number of nitrogens with zero attached hydrogens (tertiary/aromatic N) is 1. The molecule has 0 aliphatic carbocycles. The van der Waals surface area contributed by atoms with E-state index in [1.807, 2.05) is 42.6 Å². The maximum atomic E-state index is 12.8. The third-order valence-corrected chi connectivity index (χ3v) is 6.05. The number of carbonyl (C=O) groups is 1. The molecule has 0 fully saturated rings. The van der Waals surface area contributed by atoms with Crippen LogP contribution in [0, 0.1) is 13.8 Å². The van der Waals surface area contributed by atoms with Crippen molar-refractivity contribution < 1.29 is 4.79 Å². The summed E-state index contributed by atoms with van der Waals surface area (Å²) in [5, 5.41) is 7.46. The first-order valence-corrected chi connectivity index (χ1v) is 11.3. The second-order valence-electron chi connectivity index (χ2n) is 7.67. The molecule has 32 heavy (non-hydrogen) atoms. The number of H-pyrrole nitrogens is 1. The predicted octanol–water partition coefficient (Wildman–Crippen LogP) is 5.99. The lowest BCUT2D eigenvalue weighted by molar-refractivity contribution is 0.0977. The molecule has 1 heterocycles. The van der Waals surface area contributed by atoms with Gasteiger partial charge in [0.15, 0.2) is 0 Å². The van der Waals surface area contributed by atoms with Crippen LogP contribution in [0.2, 0.25) is 0 Å². The van der Waals surface area contributed by atoms with Crippen LogP contribution < -0.4 is 10.6 Å². The van der Waals surface area contributed by atoms with Crippen LogP contribution in [0.25, 0.3) is 10.9 Å². The Morgan fingerprint density at radius 1 is 1.00 bits per heavy atom. The third kappa shape index (κ3) is 5.08. The SMILES string of the molecule is Cc1cccc(NC(=NCCc2c[nH]c3ccccc23)NC(=O)c2ccc(Br)cc2)c1C. The number of rotatable bonds is 5. The highest BCUT2D eigenvalue weighted by Crippen LogP contribution is 2.19. The number of fused-ring (bicyclic) bond motifs is 1. The lowest BCUT2D eigenvalue weighted by Gasteiger charge is -2.15. The molecule has 0 radical (unpaired) electrons. The highest BCUT2D eigenvalue weighted by Gasteiger charge is 2.11. The Morgan fingerprint density at radius 2 is 1.78 bits per heavy atom. The molecular weight excluding hydrogens is 464 g/mol. The smallest absolute Gasteiger partial charge is 0.257 e. The van der Waals surface area contributed by atoms with Gasteiger partial charge in [-0.25, -0.2) is 0 Å². The summed E-state index contributed by atoms with van der Waals surface area (Å²) in [5.41, 5.74) is 6.10. The molecule has 4 aromatic rings. The number of aryl methyl sites for hydroxylation is 1. The van der Waals surface area contributed by atoms with Crippen molar-refractivity contribution >= 4 is 44.4 Å². The van der Waals surface area contributed by atoms with Gasteiger partial charge in [0.25, 0.3) is 5.91 Å². The highest BCUT2D eigenvalue weighted by atomic mass is 79.9. The molecule has 0 aliphatic rings. The van der Waals surface area contributed by atoms with Gasteiger partial charge >= 0.3 is 0 Å². The Morgan fingerprint density at radius 3 is 2.59 bits per heavy atom. The number of benzene rings is 3. The zero-order valence-corrected chi connectivity index (χ0v) is 19.7. The van der Waals surface area contributed by atoms with Crippen molar-refractivity contribution in [3.05, 3.63) is 99.7 Å². The van der Waals surface area contributed by atoms with Gasteiger partial charge in [0.2, 0.25) is 5.96 Å². The van der Waals surface area contributed by atoms with Crippen molar-refractivity contribution in [2.24, 2.45) is 4.99 Å². The minimum atomic E-state index is -0.207. The van der Waals surface area contributed by atoms with Crippen LogP contribution in [0.1, 0.15) is 27.0 Å². The number of hydrogen-bond donors (Lipinski definition) is 3. The average molecular weight is 489 g/mol. The summed E-state index contributed by atoms with van der Waals surface area (Å²) < 4.78 is 0.926. The van der Waals surface area contributed by atoms with Crippen LogP contribution in [0.4, 0.5) is 5.69 Å². The quantitative estimate of drug-likeness (QED) is 0.238. The first-order valence-electron chi connectivity index (χ1n) is 10.5. The van der Waals surface area contributed by atoms with Crippen molar-refractivity contribution in [1.29, 1.82) is 0 Å². The second-order valence-corrected chi connectivity index (χ2v) is 8.59. The van der Waals surface area contributed by atoms with Crippen molar-refractivity contribution in [1.82, 2.24) is 10.3 Å². The number of nitrogens with one attached hydrogen (secondary N) is 3. The van der Waals surface area contributed by atoms with E-state index in [-0.39, 0.29) is 5.91 Å². The number of para-hydroxylation sites is 1. The fourth-order valence-electron chi connectivity index (χ4n) is 3.53. The zero-order chi connectivity index (χ0) is 22.5. The topological polar surface area (TPSA) is 69.3 Å². The largest absolute Gasteiger partial charge is 0.361 e. The van der Waals surface area contributed by atoms with E-state index >= 15 is 0 Å². The van der Waals surface area contributed by atoms with Gasteiger partial charge in [-0.2, -0.15) is 0 Å². The minimum absolute atomic E-state index is 0.207. The summed E-state index contributed by atoms with van der Waals surface area (Å²) in [5.74, 6) is 0.229. The standard InChI is InChI=1S/C26H25BrN4O/c1-17-6-5-9-23(18(17)2)30-26(31-25(32)19-10-12-21(27)13-11-19)28-15-14-20-16-29-24-8-4-3-7-22(20)24/h3-13,16,29H,14-15H2,1-2H3,(H2,28,30,31,32). The molecule has 1 amide bonds. The van der Waals surface area contributed by atoms with Crippen LogP contribution in [-0.4, -0.2) is 23.4 Å². The van der Waals surface area contributed by atoms with Crippen molar-refractivity contribution in [2.45, 2.75) is 20.3 Å². The number of aromatic nitrogens is 1. The molecule has 0 spiro atoms. The van der Waals surface area contributed by atoms with Gasteiger partial charge in [0, 0.05) is 39.4 Å². The van der Waals surface area contributed by atoms with Gasteiger partial charge < -0.3 is 10.3 Å². The number of aliphatic imine (C=N–C) groups is 1. The molecule has 3 N–H and O–H groups in total. The number of hydrogen-bond acceptors (Lipinski definition) is 2. The number of aromatic amines is 1. The monoisotopic (exact) mass is 488 g/mol. The van der Waals surface area contributed by atoms with E-state index < -0.39 is 0 Å². The highest BCUT2D eigenvalue weighted by molar-refractivity contribution is 9.10. The molecule has 0 saturated carbocycles. The van der Waals surface area contributed by atoms with Crippen LogP contribution in [-0.2, 0) is 6.42 Å². The maximum absolute atomic E-state index is 12.8. The van der Waals surface area contributed by atoms with Crippen LogP contribution in [0.3, 0.4) is 0 Å². The van der Waals surface area contributed by atoms with Crippen molar-refractivity contribution in [3.63, 3.8) is 0 Å². The first kappa shape index (κ1) is 21.8. The molecular formula is C26H25BrN4O. The molecule has 1 aromatic heterocycles. The molecule has 0 bridgehead atoms. The zero-order valence-electron chi connectivity index (χ0n) is 18.1. The molecule has 6 heteroatoms. The lowest BCUT2D eigenvalue weighted by Crippen LogP contribution is -2.36. The van der Waals surface area contributed by atoms with E-state index in [0.29, 0.717) is 18.1 Å². The number of halogens is 1. The Hall–Kier alpha value is -3.38. The van der Waals surface area contributed by atoms with E-state index in [4.69, 9.17) is 4.99 Å². The Labute approximate surface area is 196 Å². The van der Waals surface area contributed by atoms with Gasteiger partial charge in [-0.15, -0.1) is 0 Å². The van der Waals surface area contributed by atoms with Gasteiger partial charge in [-0.1, -0.05) is 46.3 Å². The second kappa shape index (κ2) is 9.83. The third-order valence-electron chi connectivity index (χ3n) is 5.52. The Bertz CT molecular complexity index is 1270. The molecule has 0 aliphatic heterocycles. The average Bonchev–Trinajstić information content (AvgIpc) is 3.20. The van der Waals surface area contributed by atoms with Crippen molar-refractivity contribution in [2.75, 3.05) is 11.9 Å². The molecule has 3 aromatic carbocycles. The van der Waals surface area contributed by atoms with E-state index in [1.54, 1.807) is 12.1 Å². The lowest BCUT2D eigenvalue weighted by atomic mass is 10.1. The molecule has 4 rings (SSSR count). The van der Waals surface area contributed by atoms with Gasteiger partial charge in [0.05, 0.1) is 0 Å². The van der Waals surface area contributed by atoms with E-state index in [9.17, 15) is 4.79 Å². The molecule has 162 valence electrons. The van der Waals surface area contributed by atoms with Crippen LogP contribution in [0.5, 0.6) is 0 Å². The molecule has 0 unspecified atom stereocenters. The predicted molar refractivity (Wildman–Crippen MR) is 135 cm³/mol. The summed E-state index contributed by atoms with van der Waals surface area (Å²) >= 11 is 3.40. The van der Waals surface area contributed by atoms with Gasteiger partial charge in [-0.3, -0.25) is 15.1 Å². The Kier molecular flexibility index (Phi) is 6.71. The number of amides is 1. The minimum Gasteiger partial charge on any atom is -0.361 e. The van der Waals surface area contributed by atoms with Gasteiger partial charge in [-0.05, 0) is 73.4 Å². The molecule has 0 atom stereocenters. The van der Waals surface area contributed by atoms with E-state index in [1.165, 1.54) is 16.5 Å². The first-order chi connectivity index (χ1) is 15.5. The van der Waals surface area contributed by atoms with Crippen LogP contribution in [0.15, 0.2) is 82.4 Å². The molecule has 0 saturated heterocycles. The van der Waals surface area contributed by atoms with Crippen molar-refractivity contribution in [3.8, 4) is 0 Å². The summed E-state index contributed by atoms with van der Waals surface area (Å²) in [4.78, 5) is 20.8. The normalized spacial score (nSPS) is 11.5. The fourth-order valence-corrected chi connectivity index (χ4v) is 3.80. The van der Waals surface area contributed by atoms with E-state index in [0.717, 1.165) is 27.7 Å². The summed E-state index contributed by atoms with van der Waals surface area (Å²) in [6.45, 7) is 4.65. The van der Waals surface area contributed by atoms with Gasteiger partial charge in [0.1, 0.15) is 0 Å². The number of anilines is 1. The Balaban J connectivity index is 1.55. The maximum Gasteiger partial charge on any atom is 0.257 e. The molecule has 5 nitrogen and oxygen atoms in total. The summed E-state index contributed by atoms with van der Waals surface area (Å²) in [7, 11) is 0. The fraction of sp³-hybridized carbons (Fsp3) is 0.154. The summed E-state index contributed by atoms with van der Waals surface area (Å²) in [6, 6.07) is 21.5. The number of guanidine groups is 1. The number of carbonyl (C=O) groups excluding carboxylic acids is 1. The summed E-state index contributed by atoms with van der Waals surface area (Å²) in [6.07, 6.45) is 2.79. The van der Waals surface area contributed by atoms with E-state index in [2.05, 4.69) is 63.6 Å².